The molecule has 1 aromatic carbocycles. The molecular weight excluding hydrogens is 342 g/mol. The Labute approximate surface area is 148 Å². The molecule has 0 saturated carbocycles. The molecule has 2 N–H and O–H groups in total. The summed E-state index contributed by atoms with van der Waals surface area (Å²) < 4.78 is 22.9. The van der Waals surface area contributed by atoms with Gasteiger partial charge < -0.3 is 10.6 Å². The van der Waals surface area contributed by atoms with Crippen molar-refractivity contribution in [3.05, 3.63) is 29.8 Å². The van der Waals surface area contributed by atoms with Crippen molar-refractivity contribution in [1.29, 1.82) is 0 Å². The number of amides is 2. The van der Waals surface area contributed by atoms with Crippen LogP contribution in [0.25, 0.3) is 0 Å². The van der Waals surface area contributed by atoms with Crippen molar-refractivity contribution in [2.75, 3.05) is 43.0 Å². The molecule has 2 rings (SSSR count). The van der Waals surface area contributed by atoms with Gasteiger partial charge in [0.15, 0.2) is 9.84 Å². The van der Waals surface area contributed by atoms with Crippen molar-refractivity contribution in [2.24, 2.45) is 5.92 Å². The number of anilines is 1. The van der Waals surface area contributed by atoms with E-state index < -0.39 is 9.84 Å². The highest BCUT2D eigenvalue weighted by Crippen LogP contribution is 2.15. The molecule has 8 heteroatoms. The van der Waals surface area contributed by atoms with E-state index in [1.807, 2.05) is 13.8 Å². The Morgan fingerprint density at radius 1 is 1.16 bits per heavy atom. The fraction of sp³-hybridized carbons (Fsp3) is 0.529. The molecule has 1 heterocycles. The van der Waals surface area contributed by atoms with Crippen molar-refractivity contribution in [2.45, 2.75) is 13.8 Å². The van der Waals surface area contributed by atoms with Crippen molar-refractivity contribution < 1.29 is 18.0 Å². The Kier molecular flexibility index (Phi) is 6.55. The van der Waals surface area contributed by atoms with E-state index in [9.17, 15) is 18.0 Å². The zero-order valence-corrected chi connectivity index (χ0v) is 15.4. The van der Waals surface area contributed by atoms with Crippen LogP contribution in [0.1, 0.15) is 24.2 Å². The van der Waals surface area contributed by atoms with E-state index in [1.165, 1.54) is 0 Å². The molecule has 0 aliphatic carbocycles. The molecule has 0 unspecified atom stereocenters. The fourth-order valence-corrected chi connectivity index (χ4v) is 3.76. The van der Waals surface area contributed by atoms with Gasteiger partial charge in [0, 0.05) is 19.6 Å². The first kappa shape index (κ1) is 19.4. The van der Waals surface area contributed by atoms with Gasteiger partial charge in [0.05, 0.1) is 29.3 Å². The van der Waals surface area contributed by atoms with Crippen LogP contribution in [-0.4, -0.2) is 62.8 Å². The van der Waals surface area contributed by atoms with E-state index in [-0.39, 0.29) is 29.9 Å². The van der Waals surface area contributed by atoms with Gasteiger partial charge in [-0.25, -0.2) is 8.42 Å². The van der Waals surface area contributed by atoms with Gasteiger partial charge in [-0.3, -0.25) is 14.5 Å². The first-order chi connectivity index (χ1) is 11.8. The third-order valence-electron chi connectivity index (χ3n) is 3.92. The fourth-order valence-electron chi connectivity index (χ4n) is 2.48. The molecule has 1 saturated heterocycles. The third-order valence-corrected chi connectivity index (χ3v) is 5.53. The van der Waals surface area contributed by atoms with Crippen LogP contribution in [0.3, 0.4) is 0 Å². The number of benzene rings is 1. The number of nitrogens with one attached hydrogen (secondary N) is 2. The number of rotatable bonds is 6. The average molecular weight is 367 g/mol. The summed E-state index contributed by atoms with van der Waals surface area (Å²) in [5, 5.41) is 5.59. The molecule has 0 bridgehead atoms. The van der Waals surface area contributed by atoms with Crippen LogP contribution in [-0.2, 0) is 14.6 Å². The Hall–Kier alpha value is -1.93. The summed E-state index contributed by atoms with van der Waals surface area (Å²) in [6.45, 7) is 5.39. The second-order valence-corrected chi connectivity index (χ2v) is 8.93. The lowest BCUT2D eigenvalue weighted by Gasteiger charge is -2.25. The van der Waals surface area contributed by atoms with Gasteiger partial charge in [-0.1, -0.05) is 26.0 Å². The lowest BCUT2D eigenvalue weighted by molar-refractivity contribution is -0.117. The van der Waals surface area contributed by atoms with Crippen LogP contribution in [0.15, 0.2) is 24.3 Å². The van der Waals surface area contributed by atoms with E-state index in [2.05, 4.69) is 10.6 Å². The minimum Gasteiger partial charge on any atom is -0.352 e. The minimum absolute atomic E-state index is 0.0779. The summed E-state index contributed by atoms with van der Waals surface area (Å²) in [7, 11) is -2.97. The summed E-state index contributed by atoms with van der Waals surface area (Å²) >= 11 is 0. The smallest absolute Gasteiger partial charge is 0.253 e. The maximum Gasteiger partial charge on any atom is 0.253 e. The summed E-state index contributed by atoms with van der Waals surface area (Å²) in [5.41, 5.74) is 0.871. The molecule has 138 valence electrons. The van der Waals surface area contributed by atoms with Gasteiger partial charge in [-0.15, -0.1) is 0 Å². The zero-order chi connectivity index (χ0) is 18.4. The Bertz CT molecular complexity index is 717. The predicted octanol–water partition coefficient (Wildman–Crippen LogP) is 0.741. The number of sulfone groups is 1. The average Bonchev–Trinajstić information content (AvgIpc) is 2.55. The van der Waals surface area contributed by atoms with Gasteiger partial charge in [-0.05, 0) is 18.1 Å². The summed E-state index contributed by atoms with van der Waals surface area (Å²) in [4.78, 5) is 26.3. The van der Waals surface area contributed by atoms with Crippen LogP contribution in [0.2, 0.25) is 0 Å². The number of carbonyl (C=O) groups excluding carboxylic acids is 2. The number of hydrogen-bond acceptors (Lipinski definition) is 5. The highest BCUT2D eigenvalue weighted by atomic mass is 32.2. The monoisotopic (exact) mass is 367 g/mol. The van der Waals surface area contributed by atoms with Crippen LogP contribution in [0.5, 0.6) is 0 Å². The number of nitrogens with zero attached hydrogens (tertiary/aromatic N) is 1. The molecule has 1 aliphatic heterocycles. The second kappa shape index (κ2) is 8.44. The van der Waals surface area contributed by atoms with Crippen molar-refractivity contribution in [3.63, 3.8) is 0 Å². The predicted molar refractivity (Wildman–Crippen MR) is 97.3 cm³/mol. The Morgan fingerprint density at radius 2 is 1.80 bits per heavy atom. The normalized spacial score (nSPS) is 17.2. The van der Waals surface area contributed by atoms with E-state index in [0.29, 0.717) is 36.8 Å². The first-order valence-electron chi connectivity index (χ1n) is 8.37. The topological polar surface area (TPSA) is 95.6 Å². The Morgan fingerprint density at radius 3 is 2.44 bits per heavy atom. The third kappa shape index (κ3) is 6.13. The second-order valence-electron chi connectivity index (χ2n) is 6.63. The standard InChI is InChI=1S/C17H25N3O4S/c1-13(2)11-18-17(22)14-5-3-4-6-15(14)19-16(21)12-20-7-9-25(23,24)10-8-20/h3-6,13H,7-12H2,1-2H3,(H,18,22)(H,19,21). The van der Waals surface area contributed by atoms with Crippen LogP contribution < -0.4 is 10.6 Å². The SMILES string of the molecule is CC(C)CNC(=O)c1ccccc1NC(=O)CN1CCS(=O)(=O)CC1. The van der Waals surface area contributed by atoms with Crippen molar-refractivity contribution >= 4 is 27.3 Å². The Balaban J connectivity index is 1.95. The van der Waals surface area contributed by atoms with Crippen molar-refractivity contribution in [3.8, 4) is 0 Å². The maximum absolute atomic E-state index is 12.3. The van der Waals surface area contributed by atoms with Gasteiger partial charge >= 0.3 is 0 Å². The number of hydrogen-bond donors (Lipinski definition) is 2. The first-order valence-corrected chi connectivity index (χ1v) is 10.2. The van der Waals surface area contributed by atoms with Crippen LogP contribution in [0, 0.1) is 5.92 Å². The largest absolute Gasteiger partial charge is 0.352 e. The van der Waals surface area contributed by atoms with Gasteiger partial charge in [0.25, 0.3) is 5.91 Å². The molecule has 2 amide bonds. The highest BCUT2D eigenvalue weighted by Gasteiger charge is 2.23. The quantitative estimate of drug-likeness (QED) is 0.773. The van der Waals surface area contributed by atoms with E-state index in [1.54, 1.807) is 29.2 Å². The maximum atomic E-state index is 12.3. The summed E-state index contributed by atoms with van der Waals surface area (Å²) in [6, 6.07) is 6.85. The van der Waals surface area contributed by atoms with Gasteiger partial charge in [-0.2, -0.15) is 0 Å². The van der Waals surface area contributed by atoms with Crippen LogP contribution in [0.4, 0.5) is 5.69 Å². The molecule has 1 aromatic rings. The van der Waals surface area contributed by atoms with Gasteiger partial charge in [0.2, 0.25) is 5.91 Å². The van der Waals surface area contributed by atoms with Crippen LogP contribution >= 0.6 is 0 Å². The molecular formula is C17H25N3O4S. The van der Waals surface area contributed by atoms with E-state index in [0.717, 1.165) is 0 Å². The van der Waals surface area contributed by atoms with E-state index >= 15 is 0 Å². The number of carbonyl (C=O) groups is 2. The lowest BCUT2D eigenvalue weighted by Crippen LogP contribution is -2.44. The molecule has 7 nitrogen and oxygen atoms in total. The van der Waals surface area contributed by atoms with E-state index in [4.69, 9.17) is 0 Å². The molecule has 25 heavy (non-hydrogen) atoms. The summed E-state index contributed by atoms with van der Waals surface area (Å²) in [6.07, 6.45) is 0. The summed E-state index contributed by atoms with van der Waals surface area (Å²) in [5.74, 6) is 0.00122. The molecule has 1 aliphatic rings. The zero-order valence-electron chi connectivity index (χ0n) is 14.6. The van der Waals surface area contributed by atoms with Gasteiger partial charge in [0.1, 0.15) is 0 Å². The molecule has 0 radical (unpaired) electrons. The molecule has 0 atom stereocenters. The van der Waals surface area contributed by atoms with Crippen molar-refractivity contribution in [1.82, 2.24) is 10.2 Å². The minimum atomic E-state index is -2.97. The lowest BCUT2D eigenvalue weighted by atomic mass is 10.1. The number of para-hydroxylation sites is 1. The molecule has 0 aromatic heterocycles. The molecule has 1 fully saturated rings. The highest BCUT2D eigenvalue weighted by molar-refractivity contribution is 7.91. The molecule has 0 spiro atoms.